The number of urea groups is 1. The highest BCUT2D eigenvalue weighted by atomic mass is 32.1. The number of nitrogens with one attached hydrogen (secondary N) is 2. The first kappa shape index (κ1) is 15.7. The Kier molecular flexibility index (Phi) is 4.76. The molecule has 0 bridgehead atoms. The van der Waals surface area contributed by atoms with Crippen molar-refractivity contribution < 1.29 is 4.79 Å². The Morgan fingerprint density at radius 2 is 2.09 bits per heavy atom. The van der Waals surface area contributed by atoms with Crippen molar-refractivity contribution in [3.63, 3.8) is 0 Å². The van der Waals surface area contributed by atoms with Crippen LogP contribution in [0.3, 0.4) is 0 Å². The van der Waals surface area contributed by atoms with Crippen LogP contribution in [-0.4, -0.2) is 28.8 Å². The Hall–Kier alpha value is -2.15. The van der Waals surface area contributed by atoms with Gasteiger partial charge in [0.1, 0.15) is 0 Å². The summed E-state index contributed by atoms with van der Waals surface area (Å²) in [5.41, 5.74) is 1.81. The number of amides is 2. The molecule has 1 fully saturated rings. The Balaban J connectivity index is 1.62. The molecule has 2 heterocycles. The number of hydrogen-bond donors (Lipinski definition) is 2. The minimum Gasteiger partial charge on any atom is -0.344 e. The third-order valence-electron chi connectivity index (χ3n) is 4.08. The molecule has 2 amide bonds. The van der Waals surface area contributed by atoms with Crippen LogP contribution in [0.5, 0.6) is 0 Å². The van der Waals surface area contributed by atoms with Gasteiger partial charge in [0.2, 0.25) is 10.3 Å². The molecule has 6 nitrogen and oxygen atoms in total. The molecule has 0 spiro atoms. The Bertz CT molecular complexity index is 687. The Morgan fingerprint density at radius 3 is 2.87 bits per heavy atom. The highest BCUT2D eigenvalue weighted by Gasteiger charge is 2.22. The SMILES string of the molecule is Cc1ccccc1NC(=O)Nc1nnc(N2CCCC[C@@H]2C)s1. The van der Waals surface area contributed by atoms with E-state index < -0.39 is 0 Å². The van der Waals surface area contributed by atoms with Gasteiger partial charge < -0.3 is 10.2 Å². The zero-order valence-corrected chi connectivity index (χ0v) is 14.2. The minimum absolute atomic E-state index is 0.298. The number of carbonyl (C=O) groups is 1. The van der Waals surface area contributed by atoms with Crippen molar-refractivity contribution in [3.05, 3.63) is 29.8 Å². The maximum atomic E-state index is 12.1. The maximum absolute atomic E-state index is 12.1. The molecule has 1 aliphatic heterocycles. The molecule has 122 valence electrons. The number of piperidine rings is 1. The second-order valence-corrected chi connectivity index (χ2v) is 6.78. The number of benzene rings is 1. The molecule has 23 heavy (non-hydrogen) atoms. The van der Waals surface area contributed by atoms with Crippen molar-refractivity contribution in [3.8, 4) is 0 Å². The van der Waals surface area contributed by atoms with Gasteiger partial charge in [0.15, 0.2) is 0 Å². The third-order valence-corrected chi connectivity index (χ3v) is 4.95. The van der Waals surface area contributed by atoms with Crippen LogP contribution in [0.15, 0.2) is 24.3 Å². The van der Waals surface area contributed by atoms with E-state index in [1.165, 1.54) is 30.6 Å². The summed E-state index contributed by atoms with van der Waals surface area (Å²) in [6, 6.07) is 7.84. The van der Waals surface area contributed by atoms with Crippen LogP contribution < -0.4 is 15.5 Å². The minimum atomic E-state index is -0.298. The van der Waals surface area contributed by atoms with Gasteiger partial charge in [-0.25, -0.2) is 4.79 Å². The summed E-state index contributed by atoms with van der Waals surface area (Å²) in [6.45, 7) is 5.17. The third kappa shape index (κ3) is 3.79. The lowest BCUT2D eigenvalue weighted by Gasteiger charge is -2.32. The predicted molar refractivity (Wildman–Crippen MR) is 94.4 cm³/mol. The first-order chi connectivity index (χ1) is 11.1. The van der Waals surface area contributed by atoms with Crippen LogP contribution in [0, 0.1) is 6.92 Å². The summed E-state index contributed by atoms with van der Waals surface area (Å²) in [6.07, 6.45) is 3.62. The van der Waals surface area contributed by atoms with Crippen LogP contribution in [0.25, 0.3) is 0 Å². The molecule has 7 heteroatoms. The molecular formula is C16H21N5OS. The predicted octanol–water partition coefficient (Wildman–Crippen LogP) is 3.87. The van der Waals surface area contributed by atoms with E-state index in [1.807, 2.05) is 31.2 Å². The number of hydrogen-bond acceptors (Lipinski definition) is 5. The highest BCUT2D eigenvalue weighted by molar-refractivity contribution is 7.19. The fourth-order valence-corrected chi connectivity index (χ4v) is 3.60. The van der Waals surface area contributed by atoms with Gasteiger partial charge in [-0.2, -0.15) is 0 Å². The molecule has 3 rings (SSSR count). The number of aromatic nitrogens is 2. The second kappa shape index (κ2) is 6.95. The average Bonchev–Trinajstić information content (AvgIpc) is 2.98. The van der Waals surface area contributed by atoms with Crippen LogP contribution in [0.2, 0.25) is 0 Å². The number of aryl methyl sites for hydroxylation is 1. The van der Waals surface area contributed by atoms with E-state index in [4.69, 9.17) is 0 Å². The standard InChI is InChI=1S/C16H21N5OS/c1-11-7-3-4-9-13(11)17-14(22)18-15-19-20-16(23-15)21-10-6-5-8-12(21)2/h3-4,7,9,12H,5-6,8,10H2,1-2H3,(H2,17,18,19,22)/t12-/m0/s1. The van der Waals surface area contributed by atoms with E-state index in [1.54, 1.807) is 0 Å². The lowest BCUT2D eigenvalue weighted by molar-refractivity contribution is 0.262. The molecule has 0 unspecified atom stereocenters. The monoisotopic (exact) mass is 331 g/mol. The van der Waals surface area contributed by atoms with E-state index in [2.05, 4.69) is 32.7 Å². The number of anilines is 3. The van der Waals surface area contributed by atoms with Crippen LogP contribution >= 0.6 is 11.3 Å². The van der Waals surface area contributed by atoms with E-state index >= 15 is 0 Å². The van der Waals surface area contributed by atoms with Gasteiger partial charge in [-0.3, -0.25) is 5.32 Å². The lowest BCUT2D eigenvalue weighted by atomic mass is 10.1. The Morgan fingerprint density at radius 1 is 1.26 bits per heavy atom. The molecule has 0 radical (unpaired) electrons. The molecule has 2 aromatic rings. The van der Waals surface area contributed by atoms with Crippen molar-refractivity contribution in [2.75, 3.05) is 22.1 Å². The highest BCUT2D eigenvalue weighted by Crippen LogP contribution is 2.29. The number of carbonyl (C=O) groups excluding carboxylic acids is 1. The molecule has 0 aliphatic carbocycles. The van der Waals surface area contributed by atoms with Crippen molar-refractivity contribution in [1.82, 2.24) is 10.2 Å². The topological polar surface area (TPSA) is 70.1 Å². The molecule has 0 saturated carbocycles. The zero-order valence-electron chi connectivity index (χ0n) is 13.4. The first-order valence-electron chi connectivity index (χ1n) is 7.87. The summed E-state index contributed by atoms with van der Waals surface area (Å²) in [4.78, 5) is 14.4. The summed E-state index contributed by atoms with van der Waals surface area (Å²) in [7, 11) is 0. The molecule has 1 atom stereocenters. The lowest BCUT2D eigenvalue weighted by Crippen LogP contribution is -2.37. The molecule has 1 aromatic carbocycles. The van der Waals surface area contributed by atoms with E-state index in [9.17, 15) is 4.79 Å². The van der Waals surface area contributed by atoms with E-state index in [-0.39, 0.29) is 6.03 Å². The second-order valence-electron chi connectivity index (χ2n) is 5.82. The molecule has 1 saturated heterocycles. The van der Waals surface area contributed by atoms with Crippen molar-refractivity contribution in [2.45, 2.75) is 39.2 Å². The molecule has 1 aromatic heterocycles. The van der Waals surface area contributed by atoms with Gasteiger partial charge in [-0.05, 0) is 44.7 Å². The van der Waals surface area contributed by atoms with Crippen LogP contribution in [-0.2, 0) is 0 Å². The van der Waals surface area contributed by atoms with Crippen molar-refractivity contribution >= 4 is 33.3 Å². The van der Waals surface area contributed by atoms with Gasteiger partial charge in [0.05, 0.1) is 0 Å². The van der Waals surface area contributed by atoms with Crippen molar-refractivity contribution in [1.29, 1.82) is 0 Å². The van der Waals surface area contributed by atoms with Gasteiger partial charge in [-0.1, -0.05) is 29.5 Å². The largest absolute Gasteiger partial charge is 0.344 e. The summed E-state index contributed by atoms with van der Waals surface area (Å²) in [5, 5.41) is 15.3. The maximum Gasteiger partial charge on any atom is 0.325 e. The fourth-order valence-electron chi connectivity index (χ4n) is 2.73. The summed E-state index contributed by atoms with van der Waals surface area (Å²) in [5.74, 6) is 0. The van der Waals surface area contributed by atoms with Gasteiger partial charge >= 0.3 is 6.03 Å². The smallest absolute Gasteiger partial charge is 0.325 e. The summed E-state index contributed by atoms with van der Waals surface area (Å²) >= 11 is 1.42. The number of nitrogens with zero attached hydrogens (tertiary/aromatic N) is 3. The van der Waals surface area contributed by atoms with E-state index in [0.29, 0.717) is 11.2 Å². The van der Waals surface area contributed by atoms with Crippen LogP contribution in [0.1, 0.15) is 31.7 Å². The fraction of sp³-hybridized carbons (Fsp3) is 0.438. The average molecular weight is 331 g/mol. The van der Waals surface area contributed by atoms with Crippen LogP contribution in [0.4, 0.5) is 20.7 Å². The van der Waals surface area contributed by atoms with Gasteiger partial charge in [0.25, 0.3) is 0 Å². The number of para-hydroxylation sites is 1. The van der Waals surface area contributed by atoms with Crippen molar-refractivity contribution in [2.24, 2.45) is 0 Å². The van der Waals surface area contributed by atoms with E-state index in [0.717, 1.165) is 22.9 Å². The van der Waals surface area contributed by atoms with Gasteiger partial charge in [0, 0.05) is 18.3 Å². The first-order valence-corrected chi connectivity index (χ1v) is 8.69. The molecular weight excluding hydrogens is 310 g/mol. The zero-order chi connectivity index (χ0) is 16.2. The molecule has 1 aliphatic rings. The molecule has 2 N–H and O–H groups in total. The number of rotatable bonds is 3. The quantitative estimate of drug-likeness (QED) is 0.896. The van der Waals surface area contributed by atoms with Gasteiger partial charge in [-0.15, -0.1) is 10.2 Å². The normalized spacial score (nSPS) is 17.8. The summed E-state index contributed by atoms with van der Waals surface area (Å²) < 4.78 is 0. The Labute approximate surface area is 139 Å².